The third-order valence-corrected chi connectivity index (χ3v) is 5.29. The van der Waals surface area contributed by atoms with Gasteiger partial charge >= 0.3 is 5.69 Å². The van der Waals surface area contributed by atoms with Gasteiger partial charge in [0.2, 0.25) is 0 Å². The van der Waals surface area contributed by atoms with Crippen LogP contribution >= 0.6 is 27.3 Å². The minimum Gasteiger partial charge on any atom is -0.465 e. The zero-order valence-corrected chi connectivity index (χ0v) is 16.9. The SMILES string of the molecule is Cn1nnn(-c2cccc(F)c2COc2nc(-c3ccc(Br)cc3)cs2)c1=O. The maximum Gasteiger partial charge on any atom is 0.368 e. The minimum absolute atomic E-state index is 0.0989. The number of ether oxygens (including phenoxy) is 1. The summed E-state index contributed by atoms with van der Waals surface area (Å²) in [6, 6.07) is 12.1. The van der Waals surface area contributed by atoms with Crippen LogP contribution < -0.4 is 10.4 Å². The van der Waals surface area contributed by atoms with Gasteiger partial charge in [-0.1, -0.05) is 45.5 Å². The first-order chi connectivity index (χ1) is 13.5. The smallest absolute Gasteiger partial charge is 0.368 e. The molecule has 0 bridgehead atoms. The standard InChI is InChI=1S/C18H13BrFN5O2S/c1-24-18(26)25(23-22-24)16-4-2-3-14(20)13(16)9-27-17-21-15(10-28-17)11-5-7-12(19)8-6-11/h2-8,10H,9H2,1H3. The van der Waals surface area contributed by atoms with Gasteiger partial charge in [0.1, 0.15) is 12.4 Å². The molecule has 0 spiro atoms. The normalized spacial score (nSPS) is 11.0. The highest BCUT2D eigenvalue weighted by atomic mass is 79.9. The van der Waals surface area contributed by atoms with Crippen molar-refractivity contribution in [1.29, 1.82) is 0 Å². The third kappa shape index (κ3) is 3.60. The summed E-state index contributed by atoms with van der Waals surface area (Å²) in [6.07, 6.45) is 0. The summed E-state index contributed by atoms with van der Waals surface area (Å²) in [6.45, 7) is -0.0989. The average Bonchev–Trinajstić information content (AvgIpc) is 3.29. The molecule has 10 heteroatoms. The van der Waals surface area contributed by atoms with Crippen LogP contribution in [0, 0.1) is 5.82 Å². The quantitative estimate of drug-likeness (QED) is 0.454. The van der Waals surface area contributed by atoms with Crippen LogP contribution in [-0.2, 0) is 13.7 Å². The Morgan fingerprint density at radius 3 is 2.68 bits per heavy atom. The molecule has 0 aliphatic carbocycles. The van der Waals surface area contributed by atoms with Gasteiger partial charge < -0.3 is 4.74 Å². The topological polar surface area (TPSA) is 74.8 Å². The summed E-state index contributed by atoms with van der Waals surface area (Å²) in [5, 5.41) is 9.71. The summed E-state index contributed by atoms with van der Waals surface area (Å²) in [4.78, 5) is 16.6. The molecule has 4 aromatic rings. The van der Waals surface area contributed by atoms with E-state index in [2.05, 4.69) is 31.3 Å². The van der Waals surface area contributed by atoms with E-state index in [1.165, 1.54) is 30.5 Å². The fourth-order valence-electron chi connectivity index (χ4n) is 2.56. The van der Waals surface area contributed by atoms with Crippen molar-refractivity contribution in [3.05, 3.63) is 74.2 Å². The third-order valence-electron chi connectivity index (χ3n) is 4.01. The van der Waals surface area contributed by atoms with Crippen molar-refractivity contribution < 1.29 is 9.13 Å². The number of tetrazole rings is 1. The van der Waals surface area contributed by atoms with Gasteiger partial charge in [0.05, 0.1) is 16.9 Å². The summed E-state index contributed by atoms with van der Waals surface area (Å²) >= 11 is 4.71. The fraction of sp³-hybridized carbons (Fsp3) is 0.111. The molecule has 2 aromatic carbocycles. The average molecular weight is 462 g/mol. The van der Waals surface area contributed by atoms with E-state index in [1.54, 1.807) is 6.07 Å². The van der Waals surface area contributed by atoms with E-state index in [9.17, 15) is 9.18 Å². The Balaban J connectivity index is 1.58. The highest BCUT2D eigenvalue weighted by molar-refractivity contribution is 9.10. The van der Waals surface area contributed by atoms with E-state index >= 15 is 0 Å². The van der Waals surface area contributed by atoms with Gasteiger partial charge in [-0.05, 0) is 34.7 Å². The second-order valence-electron chi connectivity index (χ2n) is 5.83. The number of thiazole rings is 1. The predicted octanol–water partition coefficient (Wildman–Crippen LogP) is 3.57. The van der Waals surface area contributed by atoms with E-state index < -0.39 is 11.5 Å². The molecule has 28 heavy (non-hydrogen) atoms. The molecule has 0 aliphatic rings. The van der Waals surface area contributed by atoms with Crippen LogP contribution in [0.4, 0.5) is 4.39 Å². The van der Waals surface area contributed by atoms with Gasteiger partial charge in [-0.2, -0.15) is 9.36 Å². The number of rotatable bonds is 5. The lowest BCUT2D eigenvalue weighted by atomic mass is 10.2. The molecule has 7 nitrogen and oxygen atoms in total. The van der Waals surface area contributed by atoms with Gasteiger partial charge in [0.25, 0.3) is 5.19 Å². The van der Waals surface area contributed by atoms with Crippen LogP contribution in [0.5, 0.6) is 5.19 Å². The van der Waals surface area contributed by atoms with Gasteiger partial charge in [-0.25, -0.2) is 14.2 Å². The second kappa shape index (κ2) is 7.64. The van der Waals surface area contributed by atoms with Crippen molar-refractivity contribution in [1.82, 2.24) is 24.8 Å². The number of benzene rings is 2. The summed E-state index contributed by atoms with van der Waals surface area (Å²) in [5.74, 6) is -0.500. The highest BCUT2D eigenvalue weighted by Gasteiger charge is 2.16. The van der Waals surface area contributed by atoms with Crippen LogP contribution in [0.3, 0.4) is 0 Å². The summed E-state index contributed by atoms with van der Waals surface area (Å²) < 4.78 is 23.2. The highest BCUT2D eigenvalue weighted by Crippen LogP contribution is 2.28. The molecule has 2 heterocycles. The molecule has 0 amide bonds. The van der Waals surface area contributed by atoms with E-state index in [-0.39, 0.29) is 17.9 Å². The molecule has 0 saturated heterocycles. The van der Waals surface area contributed by atoms with Gasteiger partial charge in [-0.15, -0.1) is 0 Å². The monoisotopic (exact) mass is 461 g/mol. The minimum atomic E-state index is -0.500. The molecular formula is C18H13BrFN5O2S. The van der Waals surface area contributed by atoms with Gasteiger partial charge in [0.15, 0.2) is 0 Å². The van der Waals surface area contributed by atoms with Crippen molar-refractivity contribution in [3.8, 4) is 22.1 Å². The molecule has 0 unspecified atom stereocenters. The Hall–Kier alpha value is -2.85. The molecule has 0 atom stereocenters. The zero-order valence-electron chi connectivity index (χ0n) is 14.5. The molecule has 4 rings (SSSR count). The Morgan fingerprint density at radius 2 is 1.96 bits per heavy atom. The summed E-state index contributed by atoms with van der Waals surface area (Å²) in [5.41, 5.74) is 1.73. The fourth-order valence-corrected chi connectivity index (χ4v) is 3.51. The van der Waals surface area contributed by atoms with Crippen molar-refractivity contribution in [2.75, 3.05) is 0 Å². The maximum absolute atomic E-state index is 14.4. The van der Waals surface area contributed by atoms with E-state index in [4.69, 9.17) is 4.74 Å². The van der Waals surface area contributed by atoms with Crippen LogP contribution in [0.15, 0.2) is 57.1 Å². The van der Waals surface area contributed by atoms with E-state index in [0.717, 1.165) is 25.1 Å². The largest absolute Gasteiger partial charge is 0.465 e. The lowest BCUT2D eigenvalue weighted by Crippen LogP contribution is -2.23. The number of aryl methyl sites for hydroxylation is 1. The number of halogens is 2. The molecule has 142 valence electrons. The van der Waals surface area contributed by atoms with E-state index in [0.29, 0.717) is 5.19 Å². The van der Waals surface area contributed by atoms with Crippen LogP contribution in [0.25, 0.3) is 16.9 Å². The van der Waals surface area contributed by atoms with Crippen LogP contribution in [-0.4, -0.2) is 24.8 Å². The molecule has 0 aliphatic heterocycles. The van der Waals surface area contributed by atoms with Crippen molar-refractivity contribution in [2.45, 2.75) is 6.61 Å². The lowest BCUT2D eigenvalue weighted by molar-refractivity contribution is 0.297. The Morgan fingerprint density at radius 1 is 1.18 bits per heavy atom. The van der Waals surface area contributed by atoms with Gasteiger partial charge in [-0.3, -0.25) is 0 Å². The molecule has 0 radical (unpaired) electrons. The molecule has 0 N–H and O–H groups in total. The number of hydrogen-bond donors (Lipinski definition) is 0. The first kappa shape index (κ1) is 18.5. The molecule has 0 fully saturated rings. The second-order valence-corrected chi connectivity index (χ2v) is 7.56. The lowest BCUT2D eigenvalue weighted by Gasteiger charge is -2.09. The summed E-state index contributed by atoms with van der Waals surface area (Å²) in [7, 11) is 1.47. The Labute approximate surface area is 171 Å². The Bertz CT molecular complexity index is 1190. The van der Waals surface area contributed by atoms with Gasteiger partial charge in [0, 0.05) is 22.5 Å². The number of aromatic nitrogens is 5. The predicted molar refractivity (Wildman–Crippen MR) is 106 cm³/mol. The van der Waals surface area contributed by atoms with Crippen LogP contribution in [0.2, 0.25) is 0 Å². The first-order valence-electron chi connectivity index (χ1n) is 8.14. The molecular weight excluding hydrogens is 449 g/mol. The van der Waals surface area contributed by atoms with E-state index in [1.807, 2.05) is 29.6 Å². The molecule has 0 saturated carbocycles. The zero-order chi connectivity index (χ0) is 19.7. The van der Waals surface area contributed by atoms with Crippen molar-refractivity contribution in [2.24, 2.45) is 7.05 Å². The van der Waals surface area contributed by atoms with Crippen molar-refractivity contribution in [3.63, 3.8) is 0 Å². The Kier molecular flexibility index (Phi) is 5.05. The maximum atomic E-state index is 14.4. The number of hydrogen-bond acceptors (Lipinski definition) is 6. The number of nitrogens with zero attached hydrogens (tertiary/aromatic N) is 5. The van der Waals surface area contributed by atoms with Crippen LogP contribution in [0.1, 0.15) is 5.56 Å². The van der Waals surface area contributed by atoms with Crippen molar-refractivity contribution >= 4 is 27.3 Å². The first-order valence-corrected chi connectivity index (χ1v) is 9.81. The molecule has 2 aromatic heterocycles.